The van der Waals surface area contributed by atoms with E-state index in [0.29, 0.717) is 0 Å². The van der Waals surface area contributed by atoms with Crippen LogP contribution in [-0.4, -0.2) is 32.7 Å². The summed E-state index contributed by atoms with van der Waals surface area (Å²) in [5, 5.41) is 0. The number of aromatic nitrogens is 1. The van der Waals surface area contributed by atoms with Gasteiger partial charge in [0.15, 0.2) is 11.6 Å². The van der Waals surface area contributed by atoms with Crippen molar-refractivity contribution in [1.82, 2.24) is 9.71 Å². The van der Waals surface area contributed by atoms with Crippen molar-refractivity contribution in [3.8, 4) is 0 Å². The van der Waals surface area contributed by atoms with Gasteiger partial charge in [-0.25, -0.2) is 9.37 Å². The first-order chi connectivity index (χ1) is 8.26. The Balaban J connectivity index is 2.80. The first-order valence-electron chi connectivity index (χ1n) is 5.17. The van der Waals surface area contributed by atoms with Gasteiger partial charge in [0.2, 0.25) is 0 Å². The molecule has 0 aliphatic rings. The van der Waals surface area contributed by atoms with Gasteiger partial charge >= 0.3 is 10.2 Å². The lowest BCUT2D eigenvalue weighted by atomic mass is 10.1. The summed E-state index contributed by atoms with van der Waals surface area (Å²) < 4.78 is 46.0. The van der Waals surface area contributed by atoms with Gasteiger partial charge in [-0.1, -0.05) is 0 Å². The normalized spacial score (nSPS) is 12.4. The van der Waals surface area contributed by atoms with Crippen LogP contribution in [-0.2, 0) is 14.9 Å². The third kappa shape index (κ3) is 4.55. The molecule has 6 nitrogen and oxygen atoms in total. The number of ether oxygens (including phenoxy) is 1. The van der Waals surface area contributed by atoms with Crippen LogP contribution in [0.15, 0.2) is 18.3 Å². The molecule has 18 heavy (non-hydrogen) atoms. The Hall–Kier alpha value is -1.25. The van der Waals surface area contributed by atoms with Gasteiger partial charge in [-0.2, -0.15) is 13.1 Å². The Kier molecular flexibility index (Phi) is 4.60. The van der Waals surface area contributed by atoms with Crippen LogP contribution in [0.2, 0.25) is 0 Å². The molecule has 1 aromatic heterocycles. The number of hydrogen-bond acceptors (Lipinski definition) is 4. The van der Waals surface area contributed by atoms with E-state index in [1.807, 2.05) is 4.72 Å². The van der Waals surface area contributed by atoms with E-state index in [1.54, 1.807) is 13.8 Å². The number of pyridine rings is 1. The summed E-state index contributed by atoms with van der Waals surface area (Å²) in [6.07, 6.45) is 1.29. The Labute approximate surface area is 106 Å². The fourth-order valence-corrected chi connectivity index (χ4v) is 2.61. The minimum Gasteiger partial charge on any atom is -0.383 e. The van der Waals surface area contributed by atoms with E-state index in [-0.39, 0.29) is 12.4 Å². The molecule has 0 spiro atoms. The van der Waals surface area contributed by atoms with Crippen LogP contribution in [0.25, 0.3) is 0 Å². The van der Waals surface area contributed by atoms with Crippen LogP contribution in [0.5, 0.6) is 0 Å². The highest BCUT2D eigenvalue weighted by Crippen LogP contribution is 2.11. The van der Waals surface area contributed by atoms with Gasteiger partial charge < -0.3 is 4.74 Å². The molecule has 0 radical (unpaired) electrons. The third-order valence-electron chi connectivity index (χ3n) is 1.91. The molecule has 8 heteroatoms. The number of rotatable bonds is 6. The van der Waals surface area contributed by atoms with E-state index < -0.39 is 21.6 Å². The number of nitrogens with zero attached hydrogens (tertiary/aromatic N) is 1. The van der Waals surface area contributed by atoms with E-state index in [4.69, 9.17) is 4.74 Å². The van der Waals surface area contributed by atoms with Gasteiger partial charge in [0.05, 0.1) is 12.1 Å². The molecular weight excluding hydrogens is 261 g/mol. The number of methoxy groups -OCH3 is 1. The van der Waals surface area contributed by atoms with E-state index in [0.717, 1.165) is 6.07 Å². The zero-order valence-electron chi connectivity index (χ0n) is 10.4. The summed E-state index contributed by atoms with van der Waals surface area (Å²) in [6, 6.07) is 2.49. The van der Waals surface area contributed by atoms with Crippen molar-refractivity contribution in [2.75, 3.05) is 18.4 Å². The molecule has 0 aliphatic carbocycles. The first-order valence-corrected chi connectivity index (χ1v) is 6.65. The van der Waals surface area contributed by atoms with Crippen molar-refractivity contribution in [3.63, 3.8) is 0 Å². The molecule has 1 aromatic rings. The van der Waals surface area contributed by atoms with Crippen molar-refractivity contribution in [1.29, 1.82) is 0 Å². The van der Waals surface area contributed by atoms with Gasteiger partial charge in [-0.15, -0.1) is 0 Å². The molecule has 1 heterocycles. The molecular formula is C10H16FN3O3S. The lowest BCUT2D eigenvalue weighted by Crippen LogP contribution is -2.49. The maximum atomic E-state index is 13.3. The Morgan fingerprint density at radius 1 is 1.50 bits per heavy atom. The molecule has 1 rings (SSSR count). The van der Waals surface area contributed by atoms with E-state index in [2.05, 4.69) is 9.71 Å². The van der Waals surface area contributed by atoms with Crippen LogP contribution < -0.4 is 9.44 Å². The lowest BCUT2D eigenvalue weighted by molar-refractivity contribution is 0.141. The molecule has 0 aliphatic heterocycles. The minimum absolute atomic E-state index is 0.179. The molecule has 102 valence electrons. The van der Waals surface area contributed by atoms with Crippen molar-refractivity contribution in [2.24, 2.45) is 0 Å². The standard InChI is InChI=1S/C10H16FN3O3S/c1-10(2,7-17-3)14-18(15,16)13-9-8(11)5-4-6-12-9/h4-6,14H,7H2,1-3H3,(H,12,13). The summed E-state index contributed by atoms with van der Waals surface area (Å²) in [5.41, 5.74) is -0.814. The van der Waals surface area contributed by atoms with Crippen LogP contribution in [0.4, 0.5) is 10.2 Å². The fraction of sp³-hybridized carbons (Fsp3) is 0.500. The van der Waals surface area contributed by atoms with Crippen LogP contribution in [0, 0.1) is 5.82 Å². The van der Waals surface area contributed by atoms with Gasteiger partial charge in [0, 0.05) is 13.3 Å². The minimum atomic E-state index is -3.92. The highest BCUT2D eigenvalue weighted by atomic mass is 32.2. The zero-order valence-corrected chi connectivity index (χ0v) is 11.2. The molecule has 0 bridgehead atoms. The van der Waals surface area contributed by atoms with Crippen molar-refractivity contribution in [3.05, 3.63) is 24.1 Å². The number of halogens is 1. The molecule has 0 aromatic carbocycles. The molecule has 0 unspecified atom stereocenters. The highest BCUT2D eigenvalue weighted by molar-refractivity contribution is 7.90. The molecule has 0 atom stereocenters. The van der Waals surface area contributed by atoms with Crippen molar-refractivity contribution < 1.29 is 17.5 Å². The maximum Gasteiger partial charge on any atom is 0.300 e. The molecule has 2 N–H and O–H groups in total. The van der Waals surface area contributed by atoms with E-state index in [9.17, 15) is 12.8 Å². The Bertz CT molecular complexity index is 505. The largest absolute Gasteiger partial charge is 0.383 e. The van der Waals surface area contributed by atoms with Gasteiger partial charge in [0.1, 0.15) is 0 Å². The Morgan fingerprint density at radius 3 is 2.72 bits per heavy atom. The summed E-state index contributed by atoms with van der Waals surface area (Å²) in [6.45, 7) is 3.47. The van der Waals surface area contributed by atoms with Crippen molar-refractivity contribution in [2.45, 2.75) is 19.4 Å². The van der Waals surface area contributed by atoms with E-state index in [1.165, 1.54) is 19.4 Å². The maximum absolute atomic E-state index is 13.3. The number of anilines is 1. The second-order valence-electron chi connectivity index (χ2n) is 4.36. The van der Waals surface area contributed by atoms with Crippen LogP contribution in [0.1, 0.15) is 13.8 Å². The van der Waals surface area contributed by atoms with Crippen LogP contribution >= 0.6 is 0 Å². The second kappa shape index (κ2) is 5.59. The molecule has 0 saturated heterocycles. The summed E-state index contributed by atoms with van der Waals surface area (Å²) in [7, 11) is -2.46. The first kappa shape index (κ1) is 14.8. The predicted molar refractivity (Wildman–Crippen MR) is 65.8 cm³/mol. The molecule has 0 saturated carbocycles. The third-order valence-corrected chi connectivity index (χ3v) is 3.19. The summed E-state index contributed by atoms with van der Waals surface area (Å²) in [5.74, 6) is -1.09. The average molecular weight is 277 g/mol. The van der Waals surface area contributed by atoms with Gasteiger partial charge in [0.25, 0.3) is 0 Å². The number of hydrogen-bond donors (Lipinski definition) is 2. The van der Waals surface area contributed by atoms with Crippen LogP contribution in [0.3, 0.4) is 0 Å². The number of nitrogens with one attached hydrogen (secondary N) is 2. The predicted octanol–water partition coefficient (Wildman–Crippen LogP) is 0.892. The monoisotopic (exact) mass is 277 g/mol. The second-order valence-corrected chi connectivity index (χ2v) is 5.77. The topological polar surface area (TPSA) is 80.3 Å². The highest BCUT2D eigenvalue weighted by Gasteiger charge is 2.25. The van der Waals surface area contributed by atoms with Crippen molar-refractivity contribution >= 4 is 16.0 Å². The quantitative estimate of drug-likeness (QED) is 0.809. The smallest absolute Gasteiger partial charge is 0.300 e. The SMILES string of the molecule is COCC(C)(C)NS(=O)(=O)Nc1ncccc1F. The summed E-state index contributed by atoms with van der Waals surface area (Å²) in [4.78, 5) is 3.60. The average Bonchev–Trinajstić information content (AvgIpc) is 2.19. The zero-order chi connectivity index (χ0) is 13.8. The molecule has 0 amide bonds. The molecule has 0 fully saturated rings. The van der Waals surface area contributed by atoms with E-state index >= 15 is 0 Å². The van der Waals surface area contributed by atoms with Gasteiger partial charge in [-0.05, 0) is 26.0 Å². The fourth-order valence-electron chi connectivity index (χ4n) is 1.37. The Morgan fingerprint density at radius 2 is 2.17 bits per heavy atom. The van der Waals surface area contributed by atoms with Gasteiger partial charge in [-0.3, -0.25) is 4.72 Å². The lowest BCUT2D eigenvalue weighted by Gasteiger charge is -2.24. The summed E-state index contributed by atoms with van der Waals surface area (Å²) >= 11 is 0.